The predicted octanol–water partition coefficient (Wildman–Crippen LogP) is 6.11. The molecule has 0 aliphatic rings. The molecule has 2 heterocycles. The van der Waals surface area contributed by atoms with Gasteiger partial charge < -0.3 is 5.32 Å². The number of aromatic nitrogens is 3. The van der Waals surface area contributed by atoms with Crippen molar-refractivity contribution in [1.82, 2.24) is 14.3 Å². The van der Waals surface area contributed by atoms with E-state index in [2.05, 4.69) is 23.5 Å². The van der Waals surface area contributed by atoms with Crippen LogP contribution in [0.25, 0.3) is 38.6 Å². The summed E-state index contributed by atoms with van der Waals surface area (Å²) in [4.78, 5) is 32.0. The second kappa shape index (κ2) is 8.91. The normalized spacial score (nSPS) is 11.2. The largest absolute Gasteiger partial charge is 0.316 e. The summed E-state index contributed by atoms with van der Waals surface area (Å²) in [5, 5.41) is 5.79. The maximum absolute atomic E-state index is 13.7. The first-order valence-electron chi connectivity index (χ1n) is 12.1. The lowest BCUT2D eigenvalue weighted by Gasteiger charge is -2.12. The van der Waals surface area contributed by atoms with E-state index in [9.17, 15) is 9.59 Å². The minimum Gasteiger partial charge on any atom is -0.316 e. The van der Waals surface area contributed by atoms with Crippen LogP contribution in [0.1, 0.15) is 16.1 Å². The van der Waals surface area contributed by atoms with Crippen molar-refractivity contribution < 1.29 is 4.79 Å². The van der Waals surface area contributed by atoms with Crippen LogP contribution >= 0.6 is 0 Å². The quantitative estimate of drug-likeness (QED) is 0.328. The van der Waals surface area contributed by atoms with Gasteiger partial charge in [0.25, 0.3) is 11.5 Å². The molecule has 6 nitrogen and oxygen atoms in total. The van der Waals surface area contributed by atoms with E-state index in [-0.39, 0.29) is 17.2 Å². The Morgan fingerprint density at radius 1 is 0.811 bits per heavy atom. The lowest BCUT2D eigenvalue weighted by Crippen LogP contribution is -2.23. The van der Waals surface area contributed by atoms with Gasteiger partial charge in [0, 0.05) is 18.0 Å². The lowest BCUT2D eigenvalue weighted by molar-refractivity contribution is 0.102. The molecule has 0 bridgehead atoms. The molecule has 0 aliphatic carbocycles. The number of nitrogens with zero attached hydrogens (tertiary/aromatic N) is 3. The molecule has 0 saturated carbocycles. The van der Waals surface area contributed by atoms with Crippen molar-refractivity contribution in [3.63, 3.8) is 0 Å². The summed E-state index contributed by atoms with van der Waals surface area (Å²) in [6.45, 7) is 1.82. The number of amides is 1. The Balaban J connectivity index is 1.48. The topological polar surface area (TPSA) is 68.9 Å². The third kappa shape index (κ3) is 3.79. The zero-order valence-corrected chi connectivity index (χ0v) is 20.5. The van der Waals surface area contributed by atoms with Crippen LogP contribution in [0.15, 0.2) is 108 Å². The monoisotopic (exact) mass is 484 g/mol. The fourth-order valence-corrected chi connectivity index (χ4v) is 4.84. The van der Waals surface area contributed by atoms with E-state index >= 15 is 0 Å². The number of benzene rings is 4. The van der Waals surface area contributed by atoms with E-state index in [4.69, 9.17) is 4.98 Å². The highest BCUT2D eigenvalue weighted by Crippen LogP contribution is 2.31. The van der Waals surface area contributed by atoms with Crippen LogP contribution in [0, 0.1) is 6.92 Å². The minimum atomic E-state index is -0.355. The molecule has 0 saturated heterocycles. The van der Waals surface area contributed by atoms with E-state index in [1.807, 2.05) is 91.9 Å². The van der Waals surface area contributed by atoms with E-state index < -0.39 is 0 Å². The third-order valence-corrected chi connectivity index (χ3v) is 6.82. The Labute approximate surface area is 213 Å². The van der Waals surface area contributed by atoms with Gasteiger partial charge in [-0.2, -0.15) is 0 Å². The van der Waals surface area contributed by atoms with E-state index in [1.165, 1.54) is 0 Å². The molecule has 6 heteroatoms. The molecular formula is C31H24N4O2. The first kappa shape index (κ1) is 22.5. The number of nitrogens with one attached hydrogen (secondary N) is 1. The zero-order chi connectivity index (χ0) is 25.5. The molecular weight excluding hydrogens is 460 g/mol. The predicted molar refractivity (Wildman–Crippen MR) is 148 cm³/mol. The number of hydrogen-bond acceptors (Lipinski definition) is 3. The molecule has 1 amide bonds. The zero-order valence-electron chi connectivity index (χ0n) is 20.5. The Morgan fingerprint density at radius 3 is 2.30 bits per heavy atom. The summed E-state index contributed by atoms with van der Waals surface area (Å²) >= 11 is 0. The Hall–Kier alpha value is -4.97. The third-order valence-electron chi connectivity index (χ3n) is 6.82. The first-order chi connectivity index (χ1) is 18.0. The molecule has 6 rings (SSSR count). The second-order valence-electron chi connectivity index (χ2n) is 8.99. The lowest BCUT2D eigenvalue weighted by atomic mass is 9.99. The van der Waals surface area contributed by atoms with Crippen molar-refractivity contribution in [2.45, 2.75) is 6.92 Å². The Kier molecular flexibility index (Phi) is 5.42. The van der Waals surface area contributed by atoms with Gasteiger partial charge in [0.1, 0.15) is 5.69 Å². The van der Waals surface area contributed by atoms with Gasteiger partial charge in [-0.05, 0) is 42.0 Å². The van der Waals surface area contributed by atoms with Gasteiger partial charge in [0.05, 0.1) is 28.2 Å². The highest BCUT2D eigenvalue weighted by molar-refractivity contribution is 6.13. The average molecular weight is 485 g/mol. The molecule has 2 aromatic heterocycles. The standard InChI is InChI=1S/C31H24N4O2/c1-20-29(31(37)35(34(20)2)22-13-4-3-5-14-22)33-30(36)26-19-28(32-27-18-9-8-16-25(26)27)24-17-10-12-21-11-6-7-15-23(21)24/h3-19H,1-2H3,(H,33,36). The van der Waals surface area contributed by atoms with Crippen molar-refractivity contribution in [1.29, 1.82) is 0 Å². The molecule has 4 aromatic carbocycles. The fourth-order valence-electron chi connectivity index (χ4n) is 4.84. The maximum atomic E-state index is 13.7. The number of carbonyl (C=O) groups is 1. The van der Waals surface area contributed by atoms with Crippen LogP contribution in [-0.2, 0) is 7.05 Å². The van der Waals surface area contributed by atoms with Crippen molar-refractivity contribution in [2.24, 2.45) is 7.05 Å². The number of anilines is 1. The number of carbonyl (C=O) groups excluding carboxylic acids is 1. The van der Waals surface area contributed by atoms with Crippen molar-refractivity contribution in [3.8, 4) is 16.9 Å². The number of para-hydroxylation sites is 2. The van der Waals surface area contributed by atoms with Crippen molar-refractivity contribution in [3.05, 3.63) is 125 Å². The molecule has 0 spiro atoms. The van der Waals surface area contributed by atoms with Gasteiger partial charge in [0.15, 0.2) is 0 Å². The van der Waals surface area contributed by atoms with Crippen molar-refractivity contribution in [2.75, 3.05) is 5.32 Å². The van der Waals surface area contributed by atoms with Crippen molar-refractivity contribution >= 4 is 33.3 Å². The van der Waals surface area contributed by atoms with Crippen LogP contribution in [-0.4, -0.2) is 20.3 Å². The Bertz CT molecular complexity index is 1860. The molecule has 37 heavy (non-hydrogen) atoms. The van der Waals surface area contributed by atoms with Gasteiger partial charge >= 0.3 is 0 Å². The summed E-state index contributed by atoms with van der Waals surface area (Å²) in [6.07, 6.45) is 0. The van der Waals surface area contributed by atoms with Gasteiger partial charge in [-0.1, -0.05) is 78.9 Å². The molecule has 0 fully saturated rings. The summed E-state index contributed by atoms with van der Waals surface area (Å²) in [5.74, 6) is -0.355. The smallest absolute Gasteiger partial charge is 0.295 e. The van der Waals surface area contributed by atoms with E-state index in [0.29, 0.717) is 22.5 Å². The summed E-state index contributed by atoms with van der Waals surface area (Å²) in [5.41, 5.74) is 4.18. The molecule has 6 aromatic rings. The molecule has 1 N–H and O–H groups in total. The fraction of sp³-hybridized carbons (Fsp3) is 0.0645. The van der Waals surface area contributed by atoms with Crippen LogP contribution in [0.4, 0.5) is 5.69 Å². The van der Waals surface area contributed by atoms with Crippen LogP contribution in [0.5, 0.6) is 0 Å². The van der Waals surface area contributed by atoms with Gasteiger partial charge in [-0.15, -0.1) is 0 Å². The minimum absolute atomic E-state index is 0.254. The van der Waals surface area contributed by atoms with Gasteiger partial charge in [-0.25, -0.2) is 9.67 Å². The number of pyridine rings is 1. The van der Waals surface area contributed by atoms with Gasteiger partial charge in [-0.3, -0.25) is 14.3 Å². The maximum Gasteiger partial charge on any atom is 0.295 e. The second-order valence-corrected chi connectivity index (χ2v) is 8.99. The highest BCUT2D eigenvalue weighted by Gasteiger charge is 2.21. The molecule has 0 atom stereocenters. The summed E-state index contributed by atoms with van der Waals surface area (Å²) < 4.78 is 3.30. The molecule has 180 valence electrons. The average Bonchev–Trinajstić information content (AvgIpc) is 3.15. The number of hydrogen-bond donors (Lipinski definition) is 1. The van der Waals surface area contributed by atoms with E-state index in [1.54, 1.807) is 16.4 Å². The summed E-state index contributed by atoms with van der Waals surface area (Å²) in [6, 6.07) is 32.9. The first-order valence-corrected chi connectivity index (χ1v) is 12.1. The van der Waals surface area contributed by atoms with E-state index in [0.717, 1.165) is 27.4 Å². The van der Waals surface area contributed by atoms with Gasteiger partial charge in [0.2, 0.25) is 0 Å². The SMILES string of the molecule is Cc1c(NC(=O)c2cc(-c3cccc4ccccc34)nc3ccccc23)c(=O)n(-c2ccccc2)n1C. The molecule has 0 unspecified atom stereocenters. The number of rotatable bonds is 4. The van der Waals surface area contributed by atoms with Crippen LogP contribution < -0.4 is 10.9 Å². The Morgan fingerprint density at radius 2 is 1.49 bits per heavy atom. The van der Waals surface area contributed by atoms with Crippen LogP contribution in [0.2, 0.25) is 0 Å². The highest BCUT2D eigenvalue weighted by atomic mass is 16.2. The summed E-state index contributed by atoms with van der Waals surface area (Å²) in [7, 11) is 1.81. The number of fused-ring (bicyclic) bond motifs is 2. The molecule has 0 aliphatic heterocycles. The molecule has 0 radical (unpaired) electrons. The van der Waals surface area contributed by atoms with Crippen LogP contribution in [0.3, 0.4) is 0 Å².